The molecule has 0 saturated carbocycles. The lowest BCUT2D eigenvalue weighted by Gasteiger charge is -2.08. The SMILES string of the molecule is C=CCNS(=O)(=O)c1ccc(C(=O)OCC(=O)Nc2ccccc2C#N)cc1. The summed E-state index contributed by atoms with van der Waals surface area (Å²) in [5.41, 5.74) is 0.685. The molecule has 28 heavy (non-hydrogen) atoms. The van der Waals surface area contributed by atoms with Gasteiger partial charge in [-0.3, -0.25) is 4.79 Å². The molecular weight excluding hydrogens is 382 g/mol. The van der Waals surface area contributed by atoms with E-state index in [1.807, 2.05) is 6.07 Å². The number of nitriles is 1. The molecule has 9 heteroatoms. The molecule has 0 aromatic heterocycles. The maximum absolute atomic E-state index is 12.0. The molecule has 0 heterocycles. The lowest BCUT2D eigenvalue weighted by atomic mass is 10.2. The van der Waals surface area contributed by atoms with Gasteiger partial charge in [-0.05, 0) is 36.4 Å². The second kappa shape index (κ2) is 9.45. The number of sulfonamides is 1. The highest BCUT2D eigenvalue weighted by Crippen LogP contribution is 2.14. The number of ether oxygens (including phenoxy) is 1. The van der Waals surface area contributed by atoms with Crippen molar-refractivity contribution in [2.75, 3.05) is 18.5 Å². The smallest absolute Gasteiger partial charge is 0.338 e. The molecule has 0 spiro atoms. The summed E-state index contributed by atoms with van der Waals surface area (Å²) >= 11 is 0. The number of benzene rings is 2. The normalized spacial score (nSPS) is 10.5. The highest BCUT2D eigenvalue weighted by atomic mass is 32.2. The molecule has 0 aliphatic rings. The van der Waals surface area contributed by atoms with Crippen molar-refractivity contribution in [1.29, 1.82) is 5.26 Å². The second-order valence-electron chi connectivity index (χ2n) is 5.45. The number of esters is 1. The number of nitrogens with one attached hydrogen (secondary N) is 2. The summed E-state index contributed by atoms with van der Waals surface area (Å²) in [5.74, 6) is -1.39. The Morgan fingerprint density at radius 3 is 2.46 bits per heavy atom. The van der Waals surface area contributed by atoms with E-state index in [1.54, 1.807) is 24.3 Å². The molecular formula is C19H17N3O5S. The fourth-order valence-electron chi connectivity index (χ4n) is 2.11. The fraction of sp³-hybridized carbons (Fsp3) is 0.105. The molecule has 0 radical (unpaired) electrons. The zero-order chi connectivity index (χ0) is 20.6. The van der Waals surface area contributed by atoms with Crippen molar-refractivity contribution in [2.45, 2.75) is 4.90 Å². The standard InChI is InChI=1S/C19H17N3O5S/c1-2-11-21-28(25,26)16-9-7-14(8-10-16)19(24)27-13-18(23)22-17-6-4-3-5-15(17)12-20/h2-10,21H,1,11,13H2,(H,22,23). The Hall–Kier alpha value is -3.48. The summed E-state index contributed by atoms with van der Waals surface area (Å²) < 4.78 is 31.1. The van der Waals surface area contributed by atoms with Gasteiger partial charge in [0.1, 0.15) is 6.07 Å². The lowest BCUT2D eigenvalue weighted by molar-refractivity contribution is -0.119. The minimum atomic E-state index is -3.70. The Morgan fingerprint density at radius 1 is 1.14 bits per heavy atom. The van der Waals surface area contributed by atoms with E-state index in [4.69, 9.17) is 10.00 Å². The van der Waals surface area contributed by atoms with Crippen LogP contribution in [0.3, 0.4) is 0 Å². The average molecular weight is 399 g/mol. The first-order valence-corrected chi connectivity index (χ1v) is 9.52. The van der Waals surface area contributed by atoms with E-state index >= 15 is 0 Å². The number of nitrogens with zero attached hydrogens (tertiary/aromatic N) is 1. The topological polar surface area (TPSA) is 125 Å². The minimum Gasteiger partial charge on any atom is -0.452 e. The summed E-state index contributed by atoms with van der Waals surface area (Å²) in [7, 11) is -3.70. The van der Waals surface area contributed by atoms with Crippen LogP contribution in [0.2, 0.25) is 0 Å². The quantitative estimate of drug-likeness (QED) is 0.515. The summed E-state index contributed by atoms with van der Waals surface area (Å²) in [6, 6.07) is 13.4. The molecule has 0 aliphatic heterocycles. The third-order valence-corrected chi connectivity index (χ3v) is 4.91. The average Bonchev–Trinajstić information content (AvgIpc) is 2.71. The highest BCUT2D eigenvalue weighted by Gasteiger charge is 2.15. The Balaban J connectivity index is 1.95. The van der Waals surface area contributed by atoms with Crippen LogP contribution in [0.5, 0.6) is 0 Å². The Bertz CT molecular complexity index is 1020. The third-order valence-electron chi connectivity index (χ3n) is 3.47. The Morgan fingerprint density at radius 2 is 1.82 bits per heavy atom. The lowest BCUT2D eigenvalue weighted by Crippen LogP contribution is -2.24. The molecule has 2 rings (SSSR count). The van der Waals surface area contributed by atoms with Crippen molar-refractivity contribution in [2.24, 2.45) is 0 Å². The molecule has 0 fully saturated rings. The van der Waals surface area contributed by atoms with Crippen molar-refractivity contribution >= 4 is 27.6 Å². The van der Waals surface area contributed by atoms with Gasteiger partial charge in [0.25, 0.3) is 5.91 Å². The molecule has 2 aromatic carbocycles. The number of hydrogen-bond donors (Lipinski definition) is 2. The molecule has 1 amide bonds. The van der Waals surface area contributed by atoms with Gasteiger partial charge in [-0.2, -0.15) is 5.26 Å². The van der Waals surface area contributed by atoms with Crippen LogP contribution in [0.4, 0.5) is 5.69 Å². The number of amides is 1. The van der Waals surface area contributed by atoms with Crippen molar-refractivity contribution in [3.05, 3.63) is 72.3 Å². The van der Waals surface area contributed by atoms with Crippen molar-refractivity contribution < 1.29 is 22.7 Å². The molecule has 8 nitrogen and oxygen atoms in total. The van der Waals surface area contributed by atoms with Crippen LogP contribution in [0.15, 0.2) is 66.1 Å². The highest BCUT2D eigenvalue weighted by molar-refractivity contribution is 7.89. The molecule has 0 bridgehead atoms. The van der Waals surface area contributed by atoms with Gasteiger partial charge in [0, 0.05) is 6.54 Å². The zero-order valence-electron chi connectivity index (χ0n) is 14.7. The summed E-state index contributed by atoms with van der Waals surface area (Å²) in [6.45, 7) is 2.95. The van der Waals surface area contributed by atoms with Crippen LogP contribution in [-0.2, 0) is 19.6 Å². The van der Waals surface area contributed by atoms with Gasteiger partial charge in [0.05, 0.1) is 21.7 Å². The van der Waals surface area contributed by atoms with E-state index < -0.39 is 28.5 Å². The number of hydrogen-bond acceptors (Lipinski definition) is 6. The second-order valence-corrected chi connectivity index (χ2v) is 7.21. The molecule has 2 aromatic rings. The monoisotopic (exact) mass is 399 g/mol. The van der Waals surface area contributed by atoms with E-state index in [9.17, 15) is 18.0 Å². The fourth-order valence-corrected chi connectivity index (χ4v) is 3.11. The van der Waals surface area contributed by atoms with Gasteiger partial charge in [0.15, 0.2) is 6.61 Å². The first kappa shape index (κ1) is 20.8. The van der Waals surface area contributed by atoms with Crippen molar-refractivity contribution in [1.82, 2.24) is 4.72 Å². The number of carbonyl (C=O) groups is 2. The van der Waals surface area contributed by atoms with Crippen LogP contribution in [0.25, 0.3) is 0 Å². The Kier molecular flexibility index (Phi) is 7.03. The molecule has 2 N–H and O–H groups in total. The first-order valence-electron chi connectivity index (χ1n) is 8.04. The van der Waals surface area contributed by atoms with Crippen LogP contribution in [0, 0.1) is 11.3 Å². The number of carbonyl (C=O) groups excluding carboxylic acids is 2. The van der Waals surface area contributed by atoms with E-state index in [0.29, 0.717) is 5.69 Å². The summed E-state index contributed by atoms with van der Waals surface area (Å²) in [5, 5.41) is 11.5. The van der Waals surface area contributed by atoms with Gasteiger partial charge in [-0.25, -0.2) is 17.9 Å². The van der Waals surface area contributed by atoms with Gasteiger partial charge in [-0.1, -0.05) is 18.2 Å². The maximum atomic E-state index is 12.0. The summed E-state index contributed by atoms with van der Waals surface area (Å²) in [6.07, 6.45) is 1.41. The van der Waals surface area contributed by atoms with E-state index in [2.05, 4.69) is 16.6 Å². The molecule has 0 atom stereocenters. The maximum Gasteiger partial charge on any atom is 0.338 e. The first-order chi connectivity index (χ1) is 13.4. The van der Waals surface area contributed by atoms with Crippen LogP contribution >= 0.6 is 0 Å². The minimum absolute atomic E-state index is 0.0169. The third kappa shape index (κ3) is 5.51. The van der Waals surface area contributed by atoms with Gasteiger partial charge in [0.2, 0.25) is 10.0 Å². The molecule has 0 aliphatic carbocycles. The van der Waals surface area contributed by atoms with E-state index in [1.165, 1.54) is 30.3 Å². The molecule has 0 saturated heterocycles. The van der Waals surface area contributed by atoms with Crippen LogP contribution in [-0.4, -0.2) is 33.4 Å². The Labute approximate surface area is 162 Å². The van der Waals surface area contributed by atoms with Gasteiger partial charge >= 0.3 is 5.97 Å². The predicted octanol–water partition coefficient (Wildman–Crippen LogP) is 1.82. The molecule has 144 valence electrons. The number of anilines is 1. The van der Waals surface area contributed by atoms with Gasteiger partial charge < -0.3 is 10.1 Å². The summed E-state index contributed by atoms with van der Waals surface area (Å²) in [4.78, 5) is 23.9. The largest absolute Gasteiger partial charge is 0.452 e. The van der Waals surface area contributed by atoms with Gasteiger partial charge in [-0.15, -0.1) is 6.58 Å². The number of para-hydroxylation sites is 1. The molecule has 0 unspecified atom stereocenters. The van der Waals surface area contributed by atoms with Crippen molar-refractivity contribution in [3.63, 3.8) is 0 Å². The zero-order valence-corrected chi connectivity index (χ0v) is 15.5. The number of rotatable bonds is 8. The van der Waals surface area contributed by atoms with Crippen LogP contribution in [0.1, 0.15) is 15.9 Å². The predicted molar refractivity (Wildman–Crippen MR) is 102 cm³/mol. The van der Waals surface area contributed by atoms with E-state index in [0.717, 1.165) is 0 Å². The van der Waals surface area contributed by atoms with Crippen molar-refractivity contribution in [3.8, 4) is 6.07 Å². The van der Waals surface area contributed by atoms with E-state index in [-0.39, 0.29) is 22.6 Å². The van der Waals surface area contributed by atoms with Crippen LogP contribution < -0.4 is 10.0 Å².